The number of nitrogens with zero attached hydrogens (tertiary/aromatic N) is 2. The number of hydrogen-bond acceptors (Lipinski definition) is 8. The van der Waals surface area contributed by atoms with E-state index in [9.17, 15) is 17.6 Å². The number of rotatable bonds is 8. The zero-order valence-electron chi connectivity index (χ0n) is 20.6. The lowest BCUT2D eigenvalue weighted by Gasteiger charge is -2.27. The van der Waals surface area contributed by atoms with Gasteiger partial charge in [0.25, 0.3) is 15.9 Å². The average molecular weight is 532 g/mol. The quantitative estimate of drug-likeness (QED) is 0.470. The molecule has 1 aromatic heterocycles. The highest BCUT2D eigenvalue weighted by molar-refractivity contribution is 7.92. The number of methoxy groups -OCH3 is 3. The Morgan fingerprint density at radius 1 is 1.08 bits per heavy atom. The molecule has 0 spiro atoms. The molecule has 12 heteroatoms. The normalized spacial score (nSPS) is 15.3. The Bertz CT molecular complexity index is 1430. The van der Waals surface area contributed by atoms with Crippen molar-refractivity contribution in [2.45, 2.75) is 24.4 Å². The SMILES string of the molecule is COc1ccc(CN2C(=O)c3cc(NS(=O)(=O)c4cc(F)ccc4OC)cnc3OC[C@@H]2C)c(OC)c1. The molecule has 1 aliphatic heterocycles. The molecule has 196 valence electrons. The summed E-state index contributed by atoms with van der Waals surface area (Å²) in [6, 6.07) is 9.45. The summed E-state index contributed by atoms with van der Waals surface area (Å²) >= 11 is 0. The number of hydrogen-bond donors (Lipinski definition) is 1. The number of anilines is 1. The first-order valence-electron chi connectivity index (χ1n) is 11.2. The van der Waals surface area contributed by atoms with Gasteiger partial charge in [-0.25, -0.2) is 17.8 Å². The number of carbonyl (C=O) groups is 1. The lowest BCUT2D eigenvalue weighted by atomic mass is 10.1. The fraction of sp³-hybridized carbons (Fsp3) is 0.280. The smallest absolute Gasteiger partial charge is 0.265 e. The third kappa shape index (κ3) is 5.38. The Balaban J connectivity index is 1.66. The van der Waals surface area contributed by atoms with Gasteiger partial charge >= 0.3 is 0 Å². The van der Waals surface area contributed by atoms with Crippen LogP contribution < -0.4 is 23.7 Å². The summed E-state index contributed by atoms with van der Waals surface area (Å²) in [6.45, 7) is 2.21. The molecule has 1 N–H and O–H groups in total. The van der Waals surface area contributed by atoms with Gasteiger partial charge in [0.1, 0.15) is 40.1 Å². The van der Waals surface area contributed by atoms with Crippen LogP contribution in [-0.2, 0) is 16.6 Å². The van der Waals surface area contributed by atoms with Crippen molar-refractivity contribution in [3.05, 3.63) is 65.6 Å². The van der Waals surface area contributed by atoms with Crippen LogP contribution in [0.5, 0.6) is 23.1 Å². The zero-order valence-corrected chi connectivity index (χ0v) is 21.5. The summed E-state index contributed by atoms with van der Waals surface area (Å²) in [4.78, 5) is 19.0. The summed E-state index contributed by atoms with van der Waals surface area (Å²) in [7, 11) is 0.0842. The van der Waals surface area contributed by atoms with E-state index in [1.807, 2.05) is 6.92 Å². The molecule has 1 amide bonds. The van der Waals surface area contributed by atoms with Gasteiger partial charge in [0.2, 0.25) is 5.88 Å². The standard InChI is InChI=1S/C25H26FN3O7S/c1-15-14-36-24-20(25(30)29(15)13-16-5-7-19(33-2)11-22(16)35-4)10-18(12-27-24)28-37(31,32)23-9-17(26)6-8-21(23)34-3/h5-12,15,28H,13-14H2,1-4H3/t15-/m0/s1. The minimum atomic E-state index is -4.27. The van der Waals surface area contributed by atoms with Crippen molar-refractivity contribution < 1.29 is 36.6 Å². The first-order valence-corrected chi connectivity index (χ1v) is 12.7. The van der Waals surface area contributed by atoms with E-state index < -0.39 is 26.6 Å². The van der Waals surface area contributed by atoms with Crippen molar-refractivity contribution in [1.29, 1.82) is 0 Å². The van der Waals surface area contributed by atoms with Gasteiger partial charge in [0.15, 0.2) is 0 Å². The number of nitrogens with one attached hydrogen (secondary N) is 1. The first-order chi connectivity index (χ1) is 17.7. The number of ether oxygens (including phenoxy) is 4. The Labute approximate surface area is 214 Å². The molecule has 2 aromatic carbocycles. The predicted molar refractivity (Wildman–Crippen MR) is 132 cm³/mol. The van der Waals surface area contributed by atoms with Gasteiger partial charge in [-0.1, -0.05) is 0 Å². The number of amides is 1. The lowest BCUT2D eigenvalue weighted by molar-refractivity contribution is 0.0655. The highest BCUT2D eigenvalue weighted by Gasteiger charge is 2.31. The molecule has 0 unspecified atom stereocenters. The van der Waals surface area contributed by atoms with Crippen LogP contribution >= 0.6 is 0 Å². The molecule has 0 aliphatic carbocycles. The number of aromatic nitrogens is 1. The van der Waals surface area contributed by atoms with E-state index in [1.165, 1.54) is 32.5 Å². The topological polar surface area (TPSA) is 116 Å². The Kier molecular flexibility index (Phi) is 7.39. The molecule has 0 saturated carbocycles. The summed E-state index contributed by atoms with van der Waals surface area (Å²) < 4.78 is 63.6. The summed E-state index contributed by atoms with van der Waals surface area (Å²) in [5.41, 5.74) is 0.816. The van der Waals surface area contributed by atoms with Gasteiger partial charge < -0.3 is 23.8 Å². The Hall–Kier alpha value is -4.06. The summed E-state index contributed by atoms with van der Waals surface area (Å²) in [5.74, 6) is 0.0453. The maximum absolute atomic E-state index is 13.8. The molecule has 37 heavy (non-hydrogen) atoms. The van der Waals surface area contributed by atoms with Gasteiger partial charge in [-0.15, -0.1) is 0 Å². The number of sulfonamides is 1. The van der Waals surface area contributed by atoms with E-state index in [0.717, 1.165) is 17.7 Å². The number of benzene rings is 2. The fourth-order valence-electron chi connectivity index (χ4n) is 3.88. The van der Waals surface area contributed by atoms with Gasteiger partial charge in [0, 0.05) is 11.6 Å². The van der Waals surface area contributed by atoms with Gasteiger partial charge in [-0.3, -0.25) is 9.52 Å². The Morgan fingerprint density at radius 3 is 2.54 bits per heavy atom. The van der Waals surface area contributed by atoms with Crippen LogP contribution in [0.3, 0.4) is 0 Å². The summed E-state index contributed by atoms with van der Waals surface area (Å²) in [6.07, 6.45) is 1.22. The molecule has 1 aliphatic rings. The second-order valence-electron chi connectivity index (χ2n) is 8.25. The third-order valence-electron chi connectivity index (χ3n) is 5.84. The number of carbonyl (C=O) groups excluding carboxylic acids is 1. The maximum Gasteiger partial charge on any atom is 0.265 e. The Morgan fingerprint density at radius 2 is 1.84 bits per heavy atom. The van der Waals surface area contributed by atoms with Crippen LogP contribution in [0.2, 0.25) is 0 Å². The van der Waals surface area contributed by atoms with Crippen LogP contribution in [0.15, 0.2) is 53.6 Å². The third-order valence-corrected chi connectivity index (χ3v) is 7.24. The average Bonchev–Trinajstić information content (AvgIpc) is 3.00. The molecule has 0 fully saturated rings. The minimum Gasteiger partial charge on any atom is -0.497 e. The van der Waals surface area contributed by atoms with E-state index in [4.69, 9.17) is 18.9 Å². The van der Waals surface area contributed by atoms with Gasteiger partial charge in [-0.2, -0.15) is 0 Å². The highest BCUT2D eigenvalue weighted by Crippen LogP contribution is 2.32. The minimum absolute atomic E-state index is 0.00135. The predicted octanol–water partition coefficient (Wildman–Crippen LogP) is 3.47. The van der Waals surface area contributed by atoms with E-state index in [-0.39, 0.29) is 42.1 Å². The van der Waals surface area contributed by atoms with E-state index in [0.29, 0.717) is 11.5 Å². The second kappa shape index (κ2) is 10.5. The molecule has 0 bridgehead atoms. The van der Waals surface area contributed by atoms with Gasteiger partial charge in [-0.05, 0) is 43.3 Å². The van der Waals surface area contributed by atoms with Crippen molar-refractivity contribution in [2.24, 2.45) is 0 Å². The van der Waals surface area contributed by atoms with Crippen molar-refractivity contribution in [2.75, 3.05) is 32.7 Å². The molecular formula is C25H26FN3O7S. The van der Waals surface area contributed by atoms with Gasteiger partial charge in [0.05, 0.1) is 45.8 Å². The van der Waals surface area contributed by atoms with Crippen LogP contribution in [0.25, 0.3) is 0 Å². The molecular weight excluding hydrogens is 505 g/mol. The van der Waals surface area contributed by atoms with Crippen LogP contribution in [-0.4, -0.2) is 58.2 Å². The molecule has 1 atom stereocenters. The largest absolute Gasteiger partial charge is 0.497 e. The number of pyridine rings is 1. The van der Waals surface area contributed by atoms with E-state index in [1.54, 1.807) is 30.2 Å². The van der Waals surface area contributed by atoms with E-state index >= 15 is 0 Å². The van der Waals surface area contributed by atoms with Crippen LogP contribution in [0.1, 0.15) is 22.8 Å². The lowest BCUT2D eigenvalue weighted by Crippen LogP contribution is -2.39. The number of halogens is 1. The van der Waals surface area contributed by atoms with Crippen LogP contribution in [0.4, 0.5) is 10.1 Å². The molecule has 0 radical (unpaired) electrons. The maximum atomic E-state index is 13.8. The molecule has 3 aromatic rings. The highest BCUT2D eigenvalue weighted by atomic mass is 32.2. The van der Waals surface area contributed by atoms with Crippen molar-refractivity contribution >= 4 is 21.6 Å². The van der Waals surface area contributed by atoms with Crippen molar-refractivity contribution in [3.63, 3.8) is 0 Å². The number of fused-ring (bicyclic) bond motifs is 1. The first kappa shape index (κ1) is 26.0. The van der Waals surface area contributed by atoms with Crippen molar-refractivity contribution in [1.82, 2.24) is 9.88 Å². The molecule has 4 rings (SSSR count). The summed E-state index contributed by atoms with van der Waals surface area (Å²) in [5, 5.41) is 0. The monoisotopic (exact) mass is 531 g/mol. The molecule has 2 heterocycles. The van der Waals surface area contributed by atoms with Crippen molar-refractivity contribution in [3.8, 4) is 23.1 Å². The molecule has 0 saturated heterocycles. The zero-order chi connectivity index (χ0) is 26.7. The van der Waals surface area contributed by atoms with Crippen LogP contribution in [0, 0.1) is 5.82 Å². The molecule has 10 nitrogen and oxygen atoms in total. The van der Waals surface area contributed by atoms with E-state index in [2.05, 4.69) is 9.71 Å². The second-order valence-corrected chi connectivity index (χ2v) is 9.90. The fourth-order valence-corrected chi connectivity index (χ4v) is 5.10.